The molecular formula is C17H25BN3O3. The van der Waals surface area contributed by atoms with Crippen molar-refractivity contribution < 1.29 is 14.8 Å². The highest BCUT2D eigenvalue weighted by Gasteiger charge is 2.37. The highest BCUT2D eigenvalue weighted by atomic mass is 16.4. The lowest BCUT2D eigenvalue weighted by Crippen LogP contribution is -2.51. The molecule has 129 valence electrons. The number of anilines is 1. The monoisotopic (exact) mass is 330 g/mol. The van der Waals surface area contributed by atoms with Gasteiger partial charge in [-0.05, 0) is 50.4 Å². The Balaban J connectivity index is 1.77. The van der Waals surface area contributed by atoms with E-state index in [-0.39, 0.29) is 18.5 Å². The van der Waals surface area contributed by atoms with Gasteiger partial charge in [-0.1, -0.05) is 12.1 Å². The van der Waals surface area contributed by atoms with Crippen LogP contribution in [0.4, 0.5) is 5.69 Å². The average molecular weight is 330 g/mol. The van der Waals surface area contributed by atoms with Gasteiger partial charge in [0.2, 0.25) is 5.91 Å². The molecule has 2 heterocycles. The predicted octanol–water partition coefficient (Wildman–Crippen LogP) is 0.0401. The Morgan fingerprint density at radius 2 is 2.25 bits per heavy atom. The van der Waals surface area contributed by atoms with Crippen molar-refractivity contribution in [2.45, 2.75) is 31.2 Å². The lowest BCUT2D eigenvalue weighted by atomic mass is 9.78. The molecule has 3 N–H and O–H groups in total. The molecule has 0 aromatic heterocycles. The van der Waals surface area contributed by atoms with E-state index in [1.807, 2.05) is 24.3 Å². The van der Waals surface area contributed by atoms with E-state index < -0.39 is 13.1 Å². The van der Waals surface area contributed by atoms with Crippen molar-refractivity contribution in [1.29, 1.82) is 0 Å². The largest absolute Gasteiger partial charge is 0.475 e. The van der Waals surface area contributed by atoms with E-state index in [2.05, 4.69) is 17.1 Å². The van der Waals surface area contributed by atoms with Gasteiger partial charge >= 0.3 is 7.12 Å². The van der Waals surface area contributed by atoms with E-state index in [0.717, 1.165) is 37.2 Å². The quantitative estimate of drug-likeness (QED) is 0.665. The van der Waals surface area contributed by atoms with Gasteiger partial charge < -0.3 is 25.2 Å². The molecule has 6 nitrogen and oxygen atoms in total. The summed E-state index contributed by atoms with van der Waals surface area (Å²) in [6.07, 6.45) is 2.44. The first kappa shape index (κ1) is 17.3. The summed E-state index contributed by atoms with van der Waals surface area (Å²) in [7, 11) is -1.47. The standard InChI is InChI=1S/C17H25BN3O3/c1-13-4-2-5-14(10-13)21(15-7-8-19-11-15)12-17(22)20-9-3-6-16(20)18(23)24/h2,4-5,10,15-16,19,23-24H,1,3,6-9,11-12H2/t15-,16?/m0/s1. The second kappa shape index (κ2) is 7.55. The van der Waals surface area contributed by atoms with Crippen LogP contribution in [0.1, 0.15) is 24.8 Å². The van der Waals surface area contributed by atoms with Gasteiger partial charge in [0.25, 0.3) is 0 Å². The topological polar surface area (TPSA) is 76.0 Å². The minimum absolute atomic E-state index is 0.0491. The van der Waals surface area contributed by atoms with E-state index in [9.17, 15) is 14.8 Å². The Kier molecular flexibility index (Phi) is 5.43. The molecule has 2 aliphatic rings. The van der Waals surface area contributed by atoms with Crippen LogP contribution in [0.5, 0.6) is 0 Å². The Labute approximate surface area is 143 Å². The van der Waals surface area contributed by atoms with Gasteiger partial charge in [-0.25, -0.2) is 0 Å². The van der Waals surface area contributed by atoms with Gasteiger partial charge in [-0.15, -0.1) is 0 Å². The number of carbonyl (C=O) groups excluding carboxylic acids is 1. The molecular weight excluding hydrogens is 305 g/mol. The van der Waals surface area contributed by atoms with Crippen LogP contribution in [0.2, 0.25) is 0 Å². The summed E-state index contributed by atoms with van der Waals surface area (Å²) in [4.78, 5) is 16.6. The lowest BCUT2D eigenvalue weighted by Gasteiger charge is -2.33. The van der Waals surface area contributed by atoms with Crippen LogP contribution >= 0.6 is 0 Å². The van der Waals surface area contributed by atoms with Crippen LogP contribution in [0.15, 0.2) is 24.3 Å². The number of benzene rings is 1. The van der Waals surface area contributed by atoms with Crippen molar-refractivity contribution in [3.63, 3.8) is 0 Å². The Morgan fingerprint density at radius 1 is 1.42 bits per heavy atom. The van der Waals surface area contributed by atoms with Crippen molar-refractivity contribution in [2.75, 3.05) is 31.1 Å². The fourth-order valence-electron chi connectivity index (χ4n) is 3.72. The van der Waals surface area contributed by atoms with E-state index in [1.165, 1.54) is 0 Å². The van der Waals surface area contributed by atoms with Gasteiger partial charge in [-0.3, -0.25) is 4.79 Å². The van der Waals surface area contributed by atoms with Gasteiger partial charge in [0.05, 0.1) is 12.5 Å². The zero-order valence-corrected chi connectivity index (χ0v) is 13.9. The Morgan fingerprint density at radius 3 is 2.92 bits per heavy atom. The van der Waals surface area contributed by atoms with E-state index in [4.69, 9.17) is 0 Å². The molecule has 1 aromatic rings. The minimum atomic E-state index is -1.47. The molecule has 2 saturated heterocycles. The van der Waals surface area contributed by atoms with E-state index in [0.29, 0.717) is 13.0 Å². The first-order valence-electron chi connectivity index (χ1n) is 8.61. The summed E-state index contributed by atoms with van der Waals surface area (Å²) in [6, 6.07) is 8.15. The first-order chi connectivity index (χ1) is 11.6. The maximum atomic E-state index is 12.8. The third-order valence-electron chi connectivity index (χ3n) is 4.99. The number of likely N-dealkylation sites (tertiary alicyclic amines) is 1. The van der Waals surface area contributed by atoms with Crippen molar-refractivity contribution >= 4 is 18.7 Å². The van der Waals surface area contributed by atoms with Gasteiger partial charge in [0.15, 0.2) is 0 Å². The van der Waals surface area contributed by atoms with Crippen molar-refractivity contribution in [1.82, 2.24) is 10.2 Å². The molecule has 0 spiro atoms. The summed E-state index contributed by atoms with van der Waals surface area (Å²) >= 11 is 0. The second-order valence-electron chi connectivity index (χ2n) is 6.65. The van der Waals surface area contributed by atoms with Gasteiger partial charge in [0, 0.05) is 24.8 Å². The van der Waals surface area contributed by atoms with Crippen molar-refractivity contribution in [3.05, 3.63) is 36.8 Å². The van der Waals surface area contributed by atoms with Crippen LogP contribution in [0, 0.1) is 6.92 Å². The fourth-order valence-corrected chi connectivity index (χ4v) is 3.72. The number of nitrogens with one attached hydrogen (secondary N) is 1. The highest BCUT2D eigenvalue weighted by molar-refractivity contribution is 6.43. The molecule has 1 amide bonds. The molecule has 0 aliphatic carbocycles. The average Bonchev–Trinajstić information content (AvgIpc) is 3.23. The maximum Gasteiger partial charge on any atom is 0.475 e. The predicted molar refractivity (Wildman–Crippen MR) is 94.4 cm³/mol. The summed E-state index contributed by atoms with van der Waals surface area (Å²) in [5, 5.41) is 22.3. The molecule has 0 bridgehead atoms. The number of carbonyl (C=O) groups is 1. The molecule has 1 aromatic carbocycles. The van der Waals surface area contributed by atoms with Crippen LogP contribution in [-0.4, -0.2) is 66.1 Å². The smallest absolute Gasteiger partial charge is 0.426 e. The number of amides is 1. The number of hydrogen-bond donors (Lipinski definition) is 3. The van der Waals surface area contributed by atoms with Crippen LogP contribution < -0.4 is 10.2 Å². The second-order valence-corrected chi connectivity index (χ2v) is 6.65. The fraction of sp³-hybridized carbons (Fsp3) is 0.529. The molecule has 3 rings (SSSR count). The zero-order valence-electron chi connectivity index (χ0n) is 13.9. The minimum Gasteiger partial charge on any atom is -0.426 e. The third kappa shape index (κ3) is 3.74. The van der Waals surface area contributed by atoms with Crippen LogP contribution in [0.3, 0.4) is 0 Å². The summed E-state index contributed by atoms with van der Waals surface area (Å²) in [5.74, 6) is -0.535. The molecule has 2 aliphatic heterocycles. The Hall–Kier alpha value is -1.57. The first-order valence-corrected chi connectivity index (χ1v) is 8.61. The molecule has 7 heteroatoms. The molecule has 24 heavy (non-hydrogen) atoms. The number of nitrogens with zero attached hydrogens (tertiary/aromatic N) is 2. The number of hydrogen-bond acceptors (Lipinski definition) is 5. The number of rotatable bonds is 5. The molecule has 0 saturated carbocycles. The van der Waals surface area contributed by atoms with Crippen LogP contribution in [0.25, 0.3) is 0 Å². The highest BCUT2D eigenvalue weighted by Crippen LogP contribution is 2.24. The van der Waals surface area contributed by atoms with E-state index >= 15 is 0 Å². The van der Waals surface area contributed by atoms with Gasteiger partial charge in [-0.2, -0.15) is 0 Å². The summed E-state index contributed by atoms with van der Waals surface area (Å²) < 4.78 is 0. The maximum absolute atomic E-state index is 12.8. The SMILES string of the molecule is [CH2]c1cccc(N(CC(=O)N2CCCC2B(O)O)[C@H]2CCNC2)c1. The molecule has 1 unspecified atom stereocenters. The van der Waals surface area contributed by atoms with Crippen molar-refractivity contribution in [2.24, 2.45) is 0 Å². The molecule has 2 atom stereocenters. The molecule has 1 radical (unpaired) electrons. The van der Waals surface area contributed by atoms with Crippen molar-refractivity contribution in [3.8, 4) is 0 Å². The summed E-state index contributed by atoms with van der Waals surface area (Å²) in [6.45, 7) is 6.61. The van der Waals surface area contributed by atoms with Crippen LogP contribution in [-0.2, 0) is 4.79 Å². The lowest BCUT2D eigenvalue weighted by molar-refractivity contribution is -0.129. The third-order valence-corrected chi connectivity index (χ3v) is 4.99. The van der Waals surface area contributed by atoms with Gasteiger partial charge in [0.1, 0.15) is 0 Å². The Bertz CT molecular complexity index is 578. The summed E-state index contributed by atoms with van der Waals surface area (Å²) in [5.41, 5.74) is 1.91. The van der Waals surface area contributed by atoms with E-state index in [1.54, 1.807) is 4.90 Å². The molecule has 2 fully saturated rings. The zero-order chi connectivity index (χ0) is 17.1. The normalized spacial score (nSPS) is 23.5.